The van der Waals surface area contributed by atoms with Crippen LogP contribution in [0.2, 0.25) is 0 Å². The van der Waals surface area contributed by atoms with Crippen molar-refractivity contribution < 1.29 is 14.4 Å². The van der Waals surface area contributed by atoms with Gasteiger partial charge < -0.3 is 15.2 Å². The third-order valence-electron chi connectivity index (χ3n) is 2.98. The van der Waals surface area contributed by atoms with Gasteiger partial charge in [-0.05, 0) is 25.1 Å². The van der Waals surface area contributed by atoms with Gasteiger partial charge in [-0.3, -0.25) is 10.1 Å². The number of nitro benzene ring substituents is 1. The summed E-state index contributed by atoms with van der Waals surface area (Å²) in [6, 6.07) is 11.6. The number of methoxy groups -OCH3 is 1. The van der Waals surface area contributed by atoms with Gasteiger partial charge in [0.25, 0.3) is 0 Å². The Morgan fingerprint density at radius 3 is 2.52 bits per heavy atom. The largest absolute Gasteiger partial charge is 0.490 e. The molecule has 0 amide bonds. The average Bonchev–Trinajstić information content (AvgIpc) is 2.47. The highest BCUT2D eigenvalue weighted by atomic mass is 16.6. The van der Waals surface area contributed by atoms with Crippen LogP contribution in [0.15, 0.2) is 42.5 Å². The van der Waals surface area contributed by atoms with Crippen molar-refractivity contribution in [2.24, 2.45) is 5.73 Å². The molecule has 0 radical (unpaired) electrons. The molecule has 0 heterocycles. The Bertz CT molecular complexity index is 656. The van der Waals surface area contributed by atoms with Crippen LogP contribution >= 0.6 is 0 Å². The van der Waals surface area contributed by atoms with Crippen molar-refractivity contribution in [3.05, 3.63) is 58.1 Å². The molecule has 0 aliphatic heterocycles. The molecule has 2 aromatic carbocycles. The van der Waals surface area contributed by atoms with Gasteiger partial charge in [0.2, 0.25) is 0 Å². The van der Waals surface area contributed by atoms with Gasteiger partial charge in [0.15, 0.2) is 5.75 Å². The van der Waals surface area contributed by atoms with E-state index in [4.69, 9.17) is 15.2 Å². The van der Waals surface area contributed by atoms with Crippen LogP contribution in [0.25, 0.3) is 0 Å². The monoisotopic (exact) mass is 288 g/mol. The molecule has 0 saturated heterocycles. The smallest absolute Gasteiger partial charge is 0.314 e. The van der Waals surface area contributed by atoms with E-state index in [1.165, 1.54) is 19.2 Å². The second-order valence-corrected chi connectivity index (χ2v) is 4.52. The zero-order valence-electron chi connectivity index (χ0n) is 11.8. The van der Waals surface area contributed by atoms with E-state index in [-0.39, 0.29) is 17.5 Å². The molecule has 0 aliphatic carbocycles. The van der Waals surface area contributed by atoms with Crippen molar-refractivity contribution in [1.82, 2.24) is 0 Å². The summed E-state index contributed by atoms with van der Waals surface area (Å²) >= 11 is 0. The van der Waals surface area contributed by atoms with E-state index in [1.54, 1.807) is 12.1 Å². The summed E-state index contributed by atoms with van der Waals surface area (Å²) in [5.74, 6) is 1.12. The molecule has 0 saturated carbocycles. The second-order valence-electron chi connectivity index (χ2n) is 4.52. The molecule has 0 spiro atoms. The number of benzene rings is 2. The molecule has 0 aromatic heterocycles. The molecule has 0 aliphatic rings. The lowest BCUT2D eigenvalue weighted by Gasteiger charge is -2.13. The van der Waals surface area contributed by atoms with Crippen molar-refractivity contribution in [2.45, 2.75) is 13.0 Å². The fourth-order valence-corrected chi connectivity index (χ4v) is 1.95. The van der Waals surface area contributed by atoms with E-state index in [1.807, 2.05) is 25.1 Å². The number of nitrogens with two attached hydrogens (primary N) is 1. The van der Waals surface area contributed by atoms with Crippen LogP contribution in [0.1, 0.15) is 18.5 Å². The maximum Gasteiger partial charge on any atom is 0.314 e. The minimum Gasteiger partial charge on any atom is -0.490 e. The van der Waals surface area contributed by atoms with Crippen LogP contribution in [0.4, 0.5) is 5.69 Å². The molecule has 1 atom stereocenters. The van der Waals surface area contributed by atoms with Crippen LogP contribution in [-0.2, 0) is 0 Å². The minimum absolute atomic E-state index is 0.145. The van der Waals surface area contributed by atoms with E-state index < -0.39 is 4.92 Å². The van der Waals surface area contributed by atoms with Crippen molar-refractivity contribution in [1.29, 1.82) is 0 Å². The maximum atomic E-state index is 11.0. The highest BCUT2D eigenvalue weighted by molar-refractivity contribution is 5.52. The number of hydrogen-bond acceptors (Lipinski definition) is 5. The van der Waals surface area contributed by atoms with Crippen molar-refractivity contribution in [2.75, 3.05) is 7.11 Å². The van der Waals surface area contributed by atoms with Crippen LogP contribution < -0.4 is 15.2 Å². The zero-order chi connectivity index (χ0) is 15.4. The van der Waals surface area contributed by atoms with Crippen LogP contribution in [0.3, 0.4) is 0 Å². The predicted octanol–water partition coefficient (Wildman–Crippen LogP) is 3.42. The molecule has 6 heteroatoms. The molecule has 21 heavy (non-hydrogen) atoms. The number of ether oxygens (including phenoxy) is 2. The molecule has 6 nitrogen and oxygen atoms in total. The van der Waals surface area contributed by atoms with Gasteiger partial charge in [-0.1, -0.05) is 18.2 Å². The highest BCUT2D eigenvalue weighted by Crippen LogP contribution is 2.34. The molecule has 0 fully saturated rings. The first-order valence-electron chi connectivity index (χ1n) is 6.37. The predicted molar refractivity (Wildman–Crippen MR) is 78.8 cm³/mol. The van der Waals surface area contributed by atoms with Gasteiger partial charge in [0.05, 0.1) is 18.1 Å². The van der Waals surface area contributed by atoms with Gasteiger partial charge >= 0.3 is 5.69 Å². The first-order valence-corrected chi connectivity index (χ1v) is 6.37. The Kier molecular flexibility index (Phi) is 4.39. The van der Waals surface area contributed by atoms with E-state index in [0.29, 0.717) is 11.5 Å². The molecule has 2 aromatic rings. The van der Waals surface area contributed by atoms with Crippen molar-refractivity contribution >= 4 is 5.69 Å². The summed E-state index contributed by atoms with van der Waals surface area (Å²) in [5, 5.41) is 11.0. The lowest BCUT2D eigenvalue weighted by atomic mass is 10.1. The molecular weight excluding hydrogens is 272 g/mol. The first kappa shape index (κ1) is 14.8. The van der Waals surface area contributed by atoms with Gasteiger partial charge in [0, 0.05) is 11.6 Å². The number of nitro groups is 1. The topological polar surface area (TPSA) is 87.6 Å². The summed E-state index contributed by atoms with van der Waals surface area (Å²) in [7, 11) is 1.38. The summed E-state index contributed by atoms with van der Waals surface area (Å²) < 4.78 is 10.7. The van der Waals surface area contributed by atoms with Gasteiger partial charge in [-0.25, -0.2) is 0 Å². The fourth-order valence-electron chi connectivity index (χ4n) is 1.95. The van der Waals surface area contributed by atoms with Crippen molar-refractivity contribution in [3.63, 3.8) is 0 Å². The number of nitrogens with zero attached hydrogens (tertiary/aromatic N) is 1. The van der Waals surface area contributed by atoms with Crippen LogP contribution in [0.5, 0.6) is 17.2 Å². The Balaban J connectivity index is 2.37. The summed E-state index contributed by atoms with van der Waals surface area (Å²) in [6.07, 6.45) is 0. The molecule has 1 unspecified atom stereocenters. The van der Waals surface area contributed by atoms with Crippen molar-refractivity contribution in [3.8, 4) is 17.2 Å². The minimum atomic E-state index is -0.511. The lowest BCUT2D eigenvalue weighted by molar-refractivity contribution is -0.385. The van der Waals surface area contributed by atoms with Crippen LogP contribution in [0, 0.1) is 10.1 Å². The molecule has 0 bridgehead atoms. The van der Waals surface area contributed by atoms with Gasteiger partial charge in [0.1, 0.15) is 11.5 Å². The third-order valence-corrected chi connectivity index (χ3v) is 2.98. The summed E-state index contributed by atoms with van der Waals surface area (Å²) in [6.45, 7) is 1.85. The summed E-state index contributed by atoms with van der Waals surface area (Å²) in [4.78, 5) is 10.5. The van der Waals surface area contributed by atoms with E-state index in [0.717, 1.165) is 5.56 Å². The van der Waals surface area contributed by atoms with E-state index >= 15 is 0 Å². The van der Waals surface area contributed by atoms with Gasteiger partial charge in [-0.15, -0.1) is 0 Å². The average molecular weight is 288 g/mol. The fraction of sp³-hybridized carbons (Fsp3) is 0.200. The lowest BCUT2D eigenvalue weighted by Crippen LogP contribution is -2.06. The second kappa shape index (κ2) is 6.23. The third kappa shape index (κ3) is 3.29. The molecule has 2 rings (SSSR count). The number of rotatable bonds is 5. The quantitative estimate of drug-likeness (QED) is 0.672. The maximum absolute atomic E-state index is 11.0. The van der Waals surface area contributed by atoms with E-state index in [2.05, 4.69) is 0 Å². The highest BCUT2D eigenvalue weighted by Gasteiger charge is 2.17. The zero-order valence-corrected chi connectivity index (χ0v) is 11.8. The standard InChI is InChI=1S/C15H16N2O4/c1-10(16)12-5-3-4-6-14(12)21-11-7-8-15(20-2)13(9-11)17(18)19/h3-10H,16H2,1-2H3. The number of hydrogen-bond donors (Lipinski definition) is 1. The Morgan fingerprint density at radius 2 is 1.90 bits per heavy atom. The molecule has 110 valence electrons. The van der Waals surface area contributed by atoms with Crippen LogP contribution in [-0.4, -0.2) is 12.0 Å². The van der Waals surface area contributed by atoms with Gasteiger partial charge in [-0.2, -0.15) is 0 Å². The Labute approximate surface area is 122 Å². The summed E-state index contributed by atoms with van der Waals surface area (Å²) in [5.41, 5.74) is 6.57. The molecular formula is C15H16N2O4. The Hall–Kier alpha value is -2.60. The SMILES string of the molecule is COc1ccc(Oc2ccccc2C(C)N)cc1[N+](=O)[O-]. The molecule has 2 N–H and O–H groups in total. The van der Waals surface area contributed by atoms with E-state index in [9.17, 15) is 10.1 Å². The normalized spacial score (nSPS) is 11.8. The number of para-hydroxylation sites is 1. The first-order chi connectivity index (χ1) is 10.0. The Morgan fingerprint density at radius 1 is 1.19 bits per heavy atom.